The lowest BCUT2D eigenvalue weighted by molar-refractivity contribution is -0.146. The SMILES string of the molecule is CCOC(=O)C1C(C)=NC2=C(C(=O)C[C@@H](c3cccs3)C2)[C@@H]1c1cccc(O)c1. The van der Waals surface area contributed by atoms with Crippen LogP contribution in [0.25, 0.3) is 0 Å². The topological polar surface area (TPSA) is 76.0 Å². The minimum atomic E-state index is -0.669. The van der Waals surface area contributed by atoms with E-state index >= 15 is 0 Å². The highest BCUT2D eigenvalue weighted by Gasteiger charge is 2.44. The Kier molecular flexibility index (Phi) is 5.37. The average molecular weight is 410 g/mol. The number of aromatic hydroxyl groups is 1. The molecule has 4 rings (SSSR count). The number of phenolic OH excluding ortho intramolecular Hbond substituents is 1. The van der Waals surface area contributed by atoms with Crippen LogP contribution in [-0.4, -0.2) is 29.2 Å². The van der Waals surface area contributed by atoms with Gasteiger partial charge in [0, 0.05) is 40.1 Å². The summed E-state index contributed by atoms with van der Waals surface area (Å²) in [7, 11) is 0. The van der Waals surface area contributed by atoms with Gasteiger partial charge in [0.05, 0.1) is 6.61 Å². The van der Waals surface area contributed by atoms with Crippen molar-refractivity contribution in [3.05, 3.63) is 63.5 Å². The number of hydrogen-bond acceptors (Lipinski definition) is 6. The first-order valence-electron chi connectivity index (χ1n) is 9.80. The minimum Gasteiger partial charge on any atom is -0.508 e. The fourth-order valence-electron chi connectivity index (χ4n) is 4.40. The summed E-state index contributed by atoms with van der Waals surface area (Å²) >= 11 is 1.65. The van der Waals surface area contributed by atoms with Crippen molar-refractivity contribution in [1.82, 2.24) is 0 Å². The standard InChI is InChI=1S/C23H23NO4S/c1-3-28-23(27)20-13(2)24-17-11-15(19-8-5-9-29-19)12-18(26)22(17)21(20)14-6-4-7-16(25)10-14/h4-10,15,20-21,25H,3,11-12H2,1-2H3/t15-,20?,21+/m0/s1. The molecule has 0 saturated carbocycles. The van der Waals surface area contributed by atoms with E-state index in [1.54, 1.807) is 36.5 Å². The summed E-state index contributed by atoms with van der Waals surface area (Å²) < 4.78 is 5.31. The summed E-state index contributed by atoms with van der Waals surface area (Å²) in [4.78, 5) is 32.0. The molecule has 0 fully saturated rings. The second-order valence-electron chi connectivity index (χ2n) is 7.46. The maximum absolute atomic E-state index is 13.3. The number of benzene rings is 1. The third kappa shape index (κ3) is 3.65. The molecule has 1 aromatic heterocycles. The Labute approximate surface area is 173 Å². The van der Waals surface area contributed by atoms with Gasteiger partial charge in [0.1, 0.15) is 11.7 Å². The fourth-order valence-corrected chi connectivity index (χ4v) is 5.23. The molecule has 29 heavy (non-hydrogen) atoms. The van der Waals surface area contributed by atoms with Crippen LogP contribution in [0.2, 0.25) is 0 Å². The van der Waals surface area contributed by atoms with E-state index in [9.17, 15) is 14.7 Å². The molecule has 3 atom stereocenters. The number of ether oxygens (including phenoxy) is 1. The smallest absolute Gasteiger partial charge is 0.315 e. The Morgan fingerprint density at radius 2 is 2.10 bits per heavy atom. The van der Waals surface area contributed by atoms with Crippen LogP contribution in [-0.2, 0) is 14.3 Å². The van der Waals surface area contributed by atoms with Gasteiger partial charge in [0.2, 0.25) is 0 Å². The molecule has 150 valence electrons. The highest BCUT2D eigenvalue weighted by molar-refractivity contribution is 7.10. The number of esters is 1. The Morgan fingerprint density at radius 3 is 2.79 bits per heavy atom. The number of phenols is 1. The molecule has 1 aromatic carbocycles. The van der Waals surface area contributed by atoms with Gasteiger partial charge in [-0.25, -0.2) is 0 Å². The van der Waals surface area contributed by atoms with Crippen LogP contribution in [0.15, 0.2) is 58.0 Å². The number of Topliss-reactive ketones (excluding diaryl/α,β-unsaturated/α-hetero) is 1. The van der Waals surface area contributed by atoms with E-state index in [0.29, 0.717) is 24.1 Å². The Morgan fingerprint density at radius 1 is 1.28 bits per heavy atom. The van der Waals surface area contributed by atoms with Gasteiger partial charge in [-0.05, 0) is 49.4 Å². The molecule has 1 N–H and O–H groups in total. The number of hydrogen-bond donors (Lipinski definition) is 1. The molecule has 2 aliphatic rings. The second kappa shape index (κ2) is 7.95. The summed E-state index contributed by atoms with van der Waals surface area (Å²) in [6.45, 7) is 3.84. The van der Waals surface area contributed by atoms with Crippen molar-refractivity contribution in [2.24, 2.45) is 10.9 Å². The monoisotopic (exact) mass is 409 g/mol. The van der Waals surface area contributed by atoms with Crippen LogP contribution < -0.4 is 0 Å². The lowest BCUT2D eigenvalue weighted by atomic mass is 9.70. The number of ketones is 1. The zero-order valence-electron chi connectivity index (χ0n) is 16.4. The van der Waals surface area contributed by atoms with Crippen LogP contribution in [0, 0.1) is 5.92 Å². The zero-order chi connectivity index (χ0) is 20.5. The number of aliphatic imine (C=N–C) groups is 1. The zero-order valence-corrected chi connectivity index (χ0v) is 17.2. The van der Waals surface area contributed by atoms with Crippen molar-refractivity contribution in [1.29, 1.82) is 0 Å². The number of allylic oxidation sites excluding steroid dienone is 2. The van der Waals surface area contributed by atoms with Crippen LogP contribution >= 0.6 is 11.3 Å². The van der Waals surface area contributed by atoms with Gasteiger partial charge in [-0.15, -0.1) is 11.3 Å². The van der Waals surface area contributed by atoms with Crippen LogP contribution in [0.1, 0.15) is 49.0 Å². The molecule has 0 radical (unpaired) electrons. The molecule has 0 spiro atoms. The minimum absolute atomic E-state index is 0.0172. The van der Waals surface area contributed by atoms with Crippen molar-refractivity contribution in [3.63, 3.8) is 0 Å². The largest absolute Gasteiger partial charge is 0.508 e. The van der Waals surface area contributed by atoms with Crippen LogP contribution in [0.3, 0.4) is 0 Å². The maximum Gasteiger partial charge on any atom is 0.315 e. The van der Waals surface area contributed by atoms with Gasteiger partial charge in [0.15, 0.2) is 5.78 Å². The number of thiophene rings is 1. The molecule has 1 aliphatic heterocycles. The number of carbonyl (C=O) groups is 2. The van der Waals surface area contributed by atoms with Crippen LogP contribution in [0.5, 0.6) is 5.75 Å². The fraction of sp³-hybridized carbons (Fsp3) is 0.348. The maximum atomic E-state index is 13.3. The molecular formula is C23H23NO4S. The normalized spacial score (nSPS) is 24.1. The average Bonchev–Trinajstić information content (AvgIpc) is 3.21. The van der Waals surface area contributed by atoms with Crippen molar-refractivity contribution in [2.45, 2.75) is 38.5 Å². The van der Waals surface area contributed by atoms with E-state index in [1.165, 1.54) is 4.88 Å². The molecular weight excluding hydrogens is 386 g/mol. The van der Waals surface area contributed by atoms with Crippen molar-refractivity contribution >= 4 is 28.8 Å². The lowest BCUT2D eigenvalue weighted by Gasteiger charge is -2.36. The number of rotatable bonds is 4. The van der Waals surface area contributed by atoms with Crippen molar-refractivity contribution in [2.75, 3.05) is 6.61 Å². The van der Waals surface area contributed by atoms with Gasteiger partial charge >= 0.3 is 5.97 Å². The first kappa shape index (κ1) is 19.6. The van der Waals surface area contributed by atoms with E-state index in [4.69, 9.17) is 9.73 Å². The molecule has 0 bridgehead atoms. The van der Waals surface area contributed by atoms with Crippen molar-refractivity contribution in [3.8, 4) is 5.75 Å². The lowest BCUT2D eigenvalue weighted by Crippen LogP contribution is -2.38. The van der Waals surface area contributed by atoms with E-state index in [2.05, 4.69) is 6.07 Å². The predicted octanol–water partition coefficient (Wildman–Crippen LogP) is 4.59. The Bertz CT molecular complexity index is 1010. The molecule has 6 heteroatoms. The summed E-state index contributed by atoms with van der Waals surface area (Å²) in [5.41, 5.74) is 2.72. The quantitative estimate of drug-likeness (QED) is 0.749. The molecule has 5 nitrogen and oxygen atoms in total. The van der Waals surface area contributed by atoms with Gasteiger partial charge < -0.3 is 9.84 Å². The van der Waals surface area contributed by atoms with Gasteiger partial charge in [0.25, 0.3) is 0 Å². The van der Waals surface area contributed by atoms with Gasteiger partial charge in [-0.1, -0.05) is 18.2 Å². The number of nitrogens with zero attached hydrogens (tertiary/aromatic N) is 1. The Hall–Kier alpha value is -2.73. The number of carbonyl (C=O) groups excluding carboxylic acids is 2. The molecule has 2 heterocycles. The summed E-state index contributed by atoms with van der Waals surface area (Å²) in [6.07, 6.45) is 1.07. The summed E-state index contributed by atoms with van der Waals surface area (Å²) in [5, 5.41) is 12.0. The van der Waals surface area contributed by atoms with Crippen LogP contribution in [0.4, 0.5) is 0 Å². The summed E-state index contributed by atoms with van der Waals surface area (Å²) in [5.74, 6) is -1.32. The van der Waals surface area contributed by atoms with E-state index < -0.39 is 11.8 Å². The van der Waals surface area contributed by atoms with E-state index in [1.807, 2.05) is 24.4 Å². The highest BCUT2D eigenvalue weighted by atomic mass is 32.1. The third-order valence-corrected chi connectivity index (χ3v) is 6.64. The van der Waals surface area contributed by atoms with Crippen molar-refractivity contribution < 1.29 is 19.4 Å². The third-order valence-electron chi connectivity index (χ3n) is 5.60. The molecule has 1 unspecified atom stereocenters. The first-order valence-corrected chi connectivity index (χ1v) is 10.7. The molecule has 0 saturated heterocycles. The van der Waals surface area contributed by atoms with E-state index in [0.717, 1.165) is 11.3 Å². The molecule has 1 aliphatic carbocycles. The summed E-state index contributed by atoms with van der Waals surface area (Å²) in [6, 6.07) is 10.8. The van der Waals surface area contributed by atoms with Gasteiger partial charge in [-0.3, -0.25) is 14.6 Å². The first-order chi connectivity index (χ1) is 14.0. The highest BCUT2D eigenvalue weighted by Crippen LogP contribution is 2.47. The molecule has 2 aromatic rings. The van der Waals surface area contributed by atoms with Gasteiger partial charge in [-0.2, -0.15) is 0 Å². The van der Waals surface area contributed by atoms with E-state index in [-0.39, 0.29) is 30.0 Å². The molecule has 0 amide bonds. The second-order valence-corrected chi connectivity index (χ2v) is 8.44. The Balaban J connectivity index is 1.82. The predicted molar refractivity (Wildman–Crippen MR) is 112 cm³/mol.